The van der Waals surface area contributed by atoms with Crippen molar-refractivity contribution >= 4 is 0 Å². The number of aliphatic hydroxyl groups excluding tert-OH is 2. The van der Waals surface area contributed by atoms with Gasteiger partial charge in [-0.05, 0) is 0 Å². The van der Waals surface area contributed by atoms with Crippen LogP contribution in [0.4, 0.5) is 0 Å². The SMILES string of the molecule is COC1COC(O)C(O)C1. The minimum atomic E-state index is -1.04. The van der Waals surface area contributed by atoms with Gasteiger partial charge in [0.2, 0.25) is 0 Å². The Labute approximate surface area is 59.4 Å². The summed E-state index contributed by atoms with van der Waals surface area (Å²) in [5.74, 6) is 0. The van der Waals surface area contributed by atoms with E-state index in [0.29, 0.717) is 13.0 Å². The maximum absolute atomic E-state index is 9.02. The van der Waals surface area contributed by atoms with Crippen molar-refractivity contribution in [3.8, 4) is 0 Å². The van der Waals surface area contributed by atoms with E-state index in [1.807, 2.05) is 0 Å². The first-order chi connectivity index (χ1) is 4.74. The molecule has 1 fully saturated rings. The normalized spacial score (nSPS) is 41.7. The standard InChI is InChI=1S/C6H12O4/c1-9-4-2-5(7)6(8)10-3-4/h4-8H,2-3H2,1H3. The summed E-state index contributed by atoms with van der Waals surface area (Å²) in [4.78, 5) is 0. The van der Waals surface area contributed by atoms with Crippen molar-refractivity contribution < 1.29 is 19.7 Å². The molecule has 0 aliphatic carbocycles. The largest absolute Gasteiger partial charge is 0.388 e. The van der Waals surface area contributed by atoms with Gasteiger partial charge in [0.1, 0.15) is 6.10 Å². The van der Waals surface area contributed by atoms with Crippen LogP contribution < -0.4 is 0 Å². The lowest BCUT2D eigenvalue weighted by atomic mass is 10.1. The summed E-state index contributed by atoms with van der Waals surface area (Å²) in [6.07, 6.45) is -1.49. The van der Waals surface area contributed by atoms with Crippen LogP contribution in [0.15, 0.2) is 0 Å². The van der Waals surface area contributed by atoms with Crippen LogP contribution in [-0.4, -0.2) is 42.4 Å². The Balaban J connectivity index is 2.33. The van der Waals surface area contributed by atoms with Gasteiger partial charge >= 0.3 is 0 Å². The highest BCUT2D eigenvalue weighted by Crippen LogP contribution is 2.13. The Morgan fingerprint density at radius 3 is 2.70 bits per heavy atom. The molecule has 4 heteroatoms. The first kappa shape index (κ1) is 7.94. The molecule has 10 heavy (non-hydrogen) atoms. The monoisotopic (exact) mass is 148 g/mol. The minimum absolute atomic E-state index is 0.0848. The van der Waals surface area contributed by atoms with Gasteiger partial charge in [0.25, 0.3) is 0 Å². The predicted octanol–water partition coefficient (Wildman–Crippen LogP) is -0.899. The van der Waals surface area contributed by atoms with Gasteiger partial charge < -0.3 is 19.7 Å². The highest BCUT2D eigenvalue weighted by atomic mass is 16.6. The van der Waals surface area contributed by atoms with E-state index in [1.54, 1.807) is 7.11 Å². The summed E-state index contributed by atoms with van der Waals surface area (Å²) in [6.45, 7) is 0.356. The highest BCUT2D eigenvalue weighted by Gasteiger charge is 2.27. The van der Waals surface area contributed by atoms with Crippen LogP contribution >= 0.6 is 0 Å². The molecular formula is C6H12O4. The summed E-state index contributed by atoms with van der Waals surface area (Å²) in [5.41, 5.74) is 0. The third-order valence-electron chi connectivity index (χ3n) is 1.62. The van der Waals surface area contributed by atoms with Crippen molar-refractivity contribution in [1.29, 1.82) is 0 Å². The molecule has 1 heterocycles. The Hall–Kier alpha value is -0.160. The number of aliphatic hydroxyl groups is 2. The molecule has 3 atom stereocenters. The second kappa shape index (κ2) is 3.30. The molecule has 0 aromatic carbocycles. The minimum Gasteiger partial charge on any atom is -0.388 e. The van der Waals surface area contributed by atoms with Crippen molar-refractivity contribution in [3.05, 3.63) is 0 Å². The van der Waals surface area contributed by atoms with Gasteiger partial charge in [0.05, 0.1) is 12.7 Å². The third kappa shape index (κ3) is 1.67. The Kier molecular flexibility index (Phi) is 2.62. The van der Waals surface area contributed by atoms with Gasteiger partial charge in [-0.1, -0.05) is 0 Å². The molecule has 0 aromatic heterocycles. The molecule has 1 saturated heterocycles. The van der Waals surface area contributed by atoms with Gasteiger partial charge in [0, 0.05) is 13.5 Å². The quantitative estimate of drug-likeness (QED) is 0.506. The summed E-state index contributed by atoms with van der Waals surface area (Å²) in [7, 11) is 1.55. The fourth-order valence-electron chi connectivity index (χ4n) is 0.935. The van der Waals surface area contributed by atoms with Crippen molar-refractivity contribution in [2.45, 2.75) is 24.9 Å². The molecule has 2 N–H and O–H groups in total. The van der Waals surface area contributed by atoms with Gasteiger partial charge in [-0.3, -0.25) is 0 Å². The zero-order chi connectivity index (χ0) is 7.56. The maximum atomic E-state index is 9.02. The lowest BCUT2D eigenvalue weighted by Gasteiger charge is -2.28. The molecule has 4 nitrogen and oxygen atoms in total. The van der Waals surface area contributed by atoms with Crippen LogP contribution in [0, 0.1) is 0 Å². The van der Waals surface area contributed by atoms with E-state index in [1.165, 1.54) is 0 Å². The molecule has 1 aliphatic rings. The van der Waals surface area contributed by atoms with Crippen molar-refractivity contribution in [3.63, 3.8) is 0 Å². The van der Waals surface area contributed by atoms with Crippen molar-refractivity contribution in [2.75, 3.05) is 13.7 Å². The van der Waals surface area contributed by atoms with Crippen LogP contribution in [0.25, 0.3) is 0 Å². The third-order valence-corrected chi connectivity index (χ3v) is 1.62. The van der Waals surface area contributed by atoms with E-state index in [9.17, 15) is 0 Å². The predicted molar refractivity (Wildman–Crippen MR) is 33.4 cm³/mol. The highest BCUT2D eigenvalue weighted by molar-refractivity contribution is 4.71. The van der Waals surface area contributed by atoms with Gasteiger partial charge in [-0.2, -0.15) is 0 Å². The first-order valence-corrected chi connectivity index (χ1v) is 3.24. The molecule has 0 amide bonds. The number of hydrogen-bond acceptors (Lipinski definition) is 4. The van der Waals surface area contributed by atoms with Crippen LogP contribution in [0.5, 0.6) is 0 Å². The van der Waals surface area contributed by atoms with Crippen LogP contribution in [-0.2, 0) is 9.47 Å². The smallest absolute Gasteiger partial charge is 0.181 e. The summed E-state index contributed by atoms with van der Waals surface area (Å²) < 4.78 is 9.69. The van der Waals surface area contributed by atoms with Gasteiger partial charge in [-0.25, -0.2) is 0 Å². The molecule has 0 bridgehead atoms. The Morgan fingerprint density at radius 1 is 1.50 bits per heavy atom. The molecule has 0 radical (unpaired) electrons. The fraction of sp³-hybridized carbons (Fsp3) is 1.00. The van der Waals surface area contributed by atoms with E-state index in [4.69, 9.17) is 19.7 Å². The van der Waals surface area contributed by atoms with E-state index < -0.39 is 12.4 Å². The summed E-state index contributed by atoms with van der Waals surface area (Å²) in [6, 6.07) is 0. The zero-order valence-electron chi connectivity index (χ0n) is 5.86. The van der Waals surface area contributed by atoms with Crippen molar-refractivity contribution in [1.82, 2.24) is 0 Å². The maximum Gasteiger partial charge on any atom is 0.181 e. The number of methoxy groups -OCH3 is 1. The van der Waals surface area contributed by atoms with E-state index in [2.05, 4.69) is 0 Å². The number of hydrogen-bond donors (Lipinski definition) is 2. The van der Waals surface area contributed by atoms with Crippen LogP contribution in [0.2, 0.25) is 0 Å². The molecule has 3 unspecified atom stereocenters. The van der Waals surface area contributed by atoms with E-state index >= 15 is 0 Å². The lowest BCUT2D eigenvalue weighted by Crippen LogP contribution is -2.41. The van der Waals surface area contributed by atoms with E-state index in [-0.39, 0.29) is 6.10 Å². The Morgan fingerprint density at radius 2 is 2.20 bits per heavy atom. The first-order valence-electron chi connectivity index (χ1n) is 3.24. The molecule has 1 rings (SSSR count). The molecule has 60 valence electrons. The topological polar surface area (TPSA) is 58.9 Å². The summed E-state index contributed by atoms with van der Waals surface area (Å²) in [5, 5.41) is 17.9. The Bertz CT molecular complexity index is 106. The molecule has 0 spiro atoms. The second-order valence-corrected chi connectivity index (χ2v) is 2.38. The van der Waals surface area contributed by atoms with Gasteiger partial charge in [-0.15, -0.1) is 0 Å². The fourth-order valence-corrected chi connectivity index (χ4v) is 0.935. The second-order valence-electron chi connectivity index (χ2n) is 2.38. The van der Waals surface area contributed by atoms with Crippen LogP contribution in [0.3, 0.4) is 0 Å². The van der Waals surface area contributed by atoms with E-state index in [0.717, 1.165) is 0 Å². The average Bonchev–Trinajstić information content (AvgIpc) is 1.95. The molecule has 0 saturated carbocycles. The average molecular weight is 148 g/mol. The zero-order valence-corrected chi connectivity index (χ0v) is 5.86. The molecule has 0 aromatic rings. The number of rotatable bonds is 1. The lowest BCUT2D eigenvalue weighted by molar-refractivity contribution is -0.215. The molecule has 1 aliphatic heterocycles. The van der Waals surface area contributed by atoms with Crippen molar-refractivity contribution in [2.24, 2.45) is 0 Å². The number of ether oxygens (including phenoxy) is 2. The van der Waals surface area contributed by atoms with Gasteiger partial charge in [0.15, 0.2) is 6.29 Å². The summed E-state index contributed by atoms with van der Waals surface area (Å²) >= 11 is 0. The molecular weight excluding hydrogens is 136 g/mol. The van der Waals surface area contributed by atoms with Crippen LogP contribution in [0.1, 0.15) is 6.42 Å².